The third-order valence-corrected chi connectivity index (χ3v) is 2.83. The second kappa shape index (κ2) is 7.19. The number of terminal acetylenes is 1. The van der Waals surface area contributed by atoms with Gasteiger partial charge in [0, 0.05) is 13.6 Å². The van der Waals surface area contributed by atoms with Crippen LogP contribution in [0.2, 0.25) is 0 Å². The van der Waals surface area contributed by atoms with Crippen LogP contribution in [0.1, 0.15) is 23.7 Å². The van der Waals surface area contributed by atoms with Crippen LogP contribution >= 0.6 is 0 Å². The Morgan fingerprint density at radius 2 is 2.00 bits per heavy atom. The van der Waals surface area contributed by atoms with Gasteiger partial charge in [-0.2, -0.15) is 0 Å². The molecular weight excluding hydrogens is 256 g/mol. The van der Waals surface area contributed by atoms with Crippen LogP contribution in [0.25, 0.3) is 0 Å². The number of hydrogen-bond donors (Lipinski definition) is 1. The van der Waals surface area contributed by atoms with Crippen LogP contribution in [0.4, 0.5) is 10.5 Å². The lowest BCUT2D eigenvalue weighted by Gasteiger charge is -2.27. The zero-order valence-electron chi connectivity index (χ0n) is 11.7. The van der Waals surface area contributed by atoms with Gasteiger partial charge in [-0.25, -0.2) is 9.59 Å². The Morgan fingerprint density at radius 1 is 1.35 bits per heavy atom. The van der Waals surface area contributed by atoms with Crippen molar-refractivity contribution in [2.45, 2.75) is 13.3 Å². The van der Waals surface area contributed by atoms with Gasteiger partial charge in [0.1, 0.15) is 0 Å². The molecule has 106 valence electrons. The van der Waals surface area contributed by atoms with Gasteiger partial charge in [-0.3, -0.25) is 4.90 Å². The summed E-state index contributed by atoms with van der Waals surface area (Å²) in [6.07, 6.45) is 6.04. The Kier molecular flexibility index (Phi) is 5.60. The number of para-hydroxylation sites is 1. The molecule has 5 nitrogen and oxygen atoms in total. The zero-order valence-corrected chi connectivity index (χ0v) is 11.7. The molecule has 0 aliphatic heterocycles. The minimum absolute atomic E-state index is 0.0838. The molecule has 0 unspecified atom stereocenters. The molecule has 0 aliphatic carbocycles. The molecule has 1 aromatic rings. The summed E-state index contributed by atoms with van der Waals surface area (Å²) in [4.78, 5) is 26.4. The molecule has 5 heteroatoms. The maximum Gasteiger partial charge on any atom is 0.337 e. The summed E-state index contributed by atoms with van der Waals surface area (Å²) in [5.41, 5.74) is 0.434. The second-order valence-electron chi connectivity index (χ2n) is 4.29. The molecule has 0 spiro atoms. The largest absolute Gasteiger partial charge is 0.478 e. The standard InChI is InChI=1S/C15H18N2O3/c1-4-10-17(11-5-2)15(20)16(3)13-9-7-6-8-12(13)14(18)19/h1,6-9H,5,10-11H2,2-3H3,(H,18,19). The van der Waals surface area contributed by atoms with Gasteiger partial charge in [-0.05, 0) is 18.6 Å². The van der Waals surface area contributed by atoms with Crippen molar-refractivity contribution in [1.29, 1.82) is 0 Å². The van der Waals surface area contributed by atoms with E-state index in [1.165, 1.54) is 15.9 Å². The van der Waals surface area contributed by atoms with E-state index >= 15 is 0 Å². The number of carbonyl (C=O) groups is 2. The quantitative estimate of drug-likeness (QED) is 0.838. The van der Waals surface area contributed by atoms with Gasteiger partial charge in [-0.15, -0.1) is 6.42 Å². The van der Waals surface area contributed by atoms with Gasteiger partial charge in [0.15, 0.2) is 0 Å². The summed E-state index contributed by atoms with van der Waals surface area (Å²) < 4.78 is 0. The molecule has 0 aromatic heterocycles. The highest BCUT2D eigenvalue weighted by atomic mass is 16.4. The number of carboxylic acid groups (broad SMARTS) is 1. The van der Waals surface area contributed by atoms with Crippen LogP contribution in [-0.2, 0) is 0 Å². The van der Waals surface area contributed by atoms with Crippen LogP contribution < -0.4 is 4.90 Å². The molecule has 2 amide bonds. The predicted molar refractivity (Wildman–Crippen MR) is 77.9 cm³/mol. The SMILES string of the molecule is C#CCN(CCC)C(=O)N(C)c1ccccc1C(=O)O. The molecule has 0 bridgehead atoms. The van der Waals surface area contributed by atoms with Crippen LogP contribution in [0.5, 0.6) is 0 Å². The van der Waals surface area contributed by atoms with Crippen molar-refractivity contribution < 1.29 is 14.7 Å². The van der Waals surface area contributed by atoms with Crippen molar-refractivity contribution in [3.05, 3.63) is 29.8 Å². The number of rotatable bonds is 5. The first-order valence-corrected chi connectivity index (χ1v) is 6.31. The molecule has 0 atom stereocenters. The highest BCUT2D eigenvalue weighted by Gasteiger charge is 2.21. The van der Waals surface area contributed by atoms with Crippen molar-refractivity contribution in [3.8, 4) is 12.3 Å². The Morgan fingerprint density at radius 3 is 2.55 bits per heavy atom. The fraction of sp³-hybridized carbons (Fsp3) is 0.333. The Labute approximate surface area is 118 Å². The fourth-order valence-corrected chi connectivity index (χ4v) is 1.88. The Hall–Kier alpha value is -2.48. The molecule has 0 radical (unpaired) electrons. The predicted octanol–water partition coefficient (Wildman–Crippen LogP) is 2.29. The van der Waals surface area contributed by atoms with E-state index in [0.717, 1.165) is 6.42 Å². The highest BCUT2D eigenvalue weighted by Crippen LogP contribution is 2.20. The zero-order chi connectivity index (χ0) is 15.1. The van der Waals surface area contributed by atoms with Crippen molar-refractivity contribution >= 4 is 17.7 Å². The number of amides is 2. The maximum atomic E-state index is 12.4. The van der Waals surface area contributed by atoms with Crippen LogP contribution in [-0.4, -0.2) is 42.1 Å². The minimum atomic E-state index is -1.07. The molecule has 0 saturated carbocycles. The molecule has 20 heavy (non-hydrogen) atoms. The highest BCUT2D eigenvalue weighted by molar-refractivity contribution is 6.01. The summed E-state index contributed by atoms with van der Waals surface area (Å²) in [6.45, 7) is 2.68. The van der Waals surface area contributed by atoms with E-state index in [2.05, 4.69) is 5.92 Å². The normalized spacial score (nSPS) is 9.65. The van der Waals surface area contributed by atoms with E-state index in [-0.39, 0.29) is 18.1 Å². The number of hydrogen-bond acceptors (Lipinski definition) is 2. The van der Waals surface area contributed by atoms with Gasteiger partial charge < -0.3 is 10.0 Å². The third-order valence-electron chi connectivity index (χ3n) is 2.83. The summed E-state index contributed by atoms with van der Waals surface area (Å²) in [7, 11) is 1.54. The molecule has 1 rings (SSSR count). The van der Waals surface area contributed by atoms with Crippen LogP contribution in [0, 0.1) is 12.3 Å². The number of anilines is 1. The Balaban J connectivity index is 3.05. The average molecular weight is 274 g/mol. The number of urea groups is 1. The molecule has 1 aromatic carbocycles. The van der Waals surface area contributed by atoms with Crippen molar-refractivity contribution in [2.24, 2.45) is 0 Å². The first-order valence-electron chi connectivity index (χ1n) is 6.31. The second-order valence-corrected chi connectivity index (χ2v) is 4.29. The summed E-state index contributed by atoms with van der Waals surface area (Å²) in [5, 5.41) is 9.16. The number of carbonyl (C=O) groups excluding carboxylic acids is 1. The van der Waals surface area contributed by atoms with E-state index in [9.17, 15) is 9.59 Å². The van der Waals surface area contributed by atoms with E-state index in [0.29, 0.717) is 12.2 Å². The van der Waals surface area contributed by atoms with E-state index in [1.807, 2.05) is 6.92 Å². The van der Waals surface area contributed by atoms with E-state index in [1.54, 1.807) is 25.2 Å². The van der Waals surface area contributed by atoms with Gasteiger partial charge >= 0.3 is 12.0 Å². The van der Waals surface area contributed by atoms with Gasteiger partial charge in [0.2, 0.25) is 0 Å². The third kappa shape index (κ3) is 3.51. The van der Waals surface area contributed by atoms with Crippen molar-refractivity contribution in [1.82, 2.24) is 4.90 Å². The molecule has 0 saturated heterocycles. The van der Waals surface area contributed by atoms with E-state index in [4.69, 9.17) is 11.5 Å². The van der Waals surface area contributed by atoms with Gasteiger partial charge in [-0.1, -0.05) is 25.0 Å². The van der Waals surface area contributed by atoms with E-state index < -0.39 is 5.97 Å². The molecule has 0 aliphatic rings. The lowest BCUT2D eigenvalue weighted by Crippen LogP contribution is -2.42. The topological polar surface area (TPSA) is 60.9 Å². The summed E-state index contributed by atoms with van der Waals surface area (Å²) in [5.74, 6) is 1.37. The monoisotopic (exact) mass is 274 g/mol. The lowest BCUT2D eigenvalue weighted by atomic mass is 10.1. The number of benzene rings is 1. The molecular formula is C15H18N2O3. The van der Waals surface area contributed by atoms with Gasteiger partial charge in [0.25, 0.3) is 0 Å². The molecule has 0 heterocycles. The van der Waals surface area contributed by atoms with Crippen LogP contribution in [0.3, 0.4) is 0 Å². The minimum Gasteiger partial charge on any atom is -0.478 e. The van der Waals surface area contributed by atoms with Crippen molar-refractivity contribution in [2.75, 3.05) is 25.0 Å². The maximum absolute atomic E-state index is 12.4. The number of aromatic carboxylic acids is 1. The number of carboxylic acids is 1. The molecule has 1 N–H and O–H groups in total. The average Bonchev–Trinajstić information content (AvgIpc) is 2.45. The smallest absolute Gasteiger partial charge is 0.337 e. The summed E-state index contributed by atoms with van der Waals surface area (Å²) in [6, 6.07) is 6.07. The van der Waals surface area contributed by atoms with Crippen molar-refractivity contribution in [3.63, 3.8) is 0 Å². The van der Waals surface area contributed by atoms with Gasteiger partial charge in [0.05, 0.1) is 17.8 Å². The first-order chi connectivity index (χ1) is 9.52. The summed E-state index contributed by atoms with van der Waals surface area (Å²) >= 11 is 0. The van der Waals surface area contributed by atoms with Crippen LogP contribution in [0.15, 0.2) is 24.3 Å². The first kappa shape index (κ1) is 15.6. The Bertz CT molecular complexity index is 534. The number of nitrogens with zero attached hydrogens (tertiary/aromatic N) is 2. The molecule has 0 fully saturated rings. The fourth-order valence-electron chi connectivity index (χ4n) is 1.88. The lowest BCUT2D eigenvalue weighted by molar-refractivity contribution is 0.0697.